The zero-order valence-electron chi connectivity index (χ0n) is 12.5. The highest BCUT2D eigenvalue weighted by Gasteiger charge is 2.14. The van der Waals surface area contributed by atoms with Crippen LogP contribution in [-0.2, 0) is 11.3 Å². The minimum Gasteiger partial charge on any atom is -0.457 e. The third kappa shape index (κ3) is 2.81. The molecule has 4 heteroatoms. The number of fused-ring (bicyclic) bond motifs is 1. The molecule has 3 rings (SSSR count). The van der Waals surface area contributed by atoms with Crippen molar-refractivity contribution in [3.8, 4) is 0 Å². The van der Waals surface area contributed by atoms with Crippen molar-refractivity contribution in [3.05, 3.63) is 71.0 Å². The molecule has 0 radical (unpaired) electrons. The summed E-state index contributed by atoms with van der Waals surface area (Å²) in [6.07, 6.45) is 1.56. The molecule has 2 heterocycles. The quantitative estimate of drug-likeness (QED) is 0.692. The number of carbonyl (C=O) groups is 1. The summed E-state index contributed by atoms with van der Waals surface area (Å²) in [5.41, 5.74) is 4.63. The van der Waals surface area contributed by atoms with Gasteiger partial charge in [0, 0.05) is 11.9 Å². The predicted octanol–water partition coefficient (Wildman–Crippen LogP) is 3.60. The number of ether oxygens (including phenoxy) is 1. The van der Waals surface area contributed by atoms with Crippen molar-refractivity contribution < 1.29 is 9.53 Å². The lowest BCUT2D eigenvalue weighted by Gasteiger charge is -2.09. The number of carbonyl (C=O) groups excluding carboxylic acids is 1. The Balaban J connectivity index is 1.86. The first-order valence-corrected chi connectivity index (χ1v) is 7.09. The maximum atomic E-state index is 12.3. The van der Waals surface area contributed by atoms with Crippen LogP contribution in [0.4, 0.5) is 0 Å². The Bertz CT molecular complexity index is 829. The molecular formula is C18H16N2O2. The Hall–Kier alpha value is -2.75. The van der Waals surface area contributed by atoms with Gasteiger partial charge in [-0.2, -0.15) is 0 Å². The van der Waals surface area contributed by atoms with Crippen LogP contribution in [0.2, 0.25) is 0 Å². The largest absolute Gasteiger partial charge is 0.457 e. The molecule has 0 atom stereocenters. The molecule has 0 unspecified atom stereocenters. The first-order valence-electron chi connectivity index (χ1n) is 7.09. The highest BCUT2D eigenvalue weighted by atomic mass is 16.5. The molecule has 0 saturated carbocycles. The molecule has 22 heavy (non-hydrogen) atoms. The molecule has 0 spiro atoms. The minimum atomic E-state index is -0.376. The van der Waals surface area contributed by atoms with Gasteiger partial charge in [-0.05, 0) is 37.1 Å². The van der Waals surface area contributed by atoms with Crippen molar-refractivity contribution in [1.29, 1.82) is 0 Å². The normalized spacial score (nSPS) is 10.6. The van der Waals surface area contributed by atoms with Crippen molar-refractivity contribution in [1.82, 2.24) is 9.97 Å². The SMILES string of the molecule is Cc1ccc2ncc(C(=O)OCc3ccccc3)c(C)c2n1. The zero-order chi connectivity index (χ0) is 15.5. The first kappa shape index (κ1) is 14.2. The van der Waals surface area contributed by atoms with E-state index >= 15 is 0 Å². The minimum absolute atomic E-state index is 0.248. The van der Waals surface area contributed by atoms with Gasteiger partial charge in [0.1, 0.15) is 6.61 Å². The Morgan fingerprint density at radius 3 is 2.64 bits per heavy atom. The number of rotatable bonds is 3. The second kappa shape index (κ2) is 5.93. The Morgan fingerprint density at radius 1 is 1.09 bits per heavy atom. The van der Waals surface area contributed by atoms with Crippen LogP contribution in [0.5, 0.6) is 0 Å². The predicted molar refractivity (Wildman–Crippen MR) is 84.6 cm³/mol. The number of pyridine rings is 2. The summed E-state index contributed by atoms with van der Waals surface area (Å²) >= 11 is 0. The second-order valence-electron chi connectivity index (χ2n) is 5.18. The van der Waals surface area contributed by atoms with Crippen molar-refractivity contribution in [3.63, 3.8) is 0 Å². The molecule has 0 aliphatic carbocycles. The molecular weight excluding hydrogens is 276 g/mol. The van der Waals surface area contributed by atoms with Gasteiger partial charge < -0.3 is 4.74 Å². The molecule has 1 aromatic carbocycles. The molecule has 0 saturated heterocycles. The lowest BCUT2D eigenvalue weighted by molar-refractivity contribution is 0.0471. The molecule has 0 amide bonds. The van der Waals surface area contributed by atoms with Gasteiger partial charge in [-0.3, -0.25) is 9.97 Å². The van der Waals surface area contributed by atoms with Crippen LogP contribution in [0, 0.1) is 13.8 Å². The number of aromatic nitrogens is 2. The third-order valence-electron chi connectivity index (χ3n) is 3.54. The summed E-state index contributed by atoms with van der Waals surface area (Å²) in [6, 6.07) is 13.4. The van der Waals surface area contributed by atoms with Gasteiger partial charge in [0.15, 0.2) is 0 Å². The Kier molecular flexibility index (Phi) is 3.83. The second-order valence-corrected chi connectivity index (χ2v) is 5.18. The van der Waals surface area contributed by atoms with Crippen molar-refractivity contribution in [2.24, 2.45) is 0 Å². The number of hydrogen-bond acceptors (Lipinski definition) is 4. The average Bonchev–Trinajstić information content (AvgIpc) is 2.54. The van der Waals surface area contributed by atoms with Gasteiger partial charge in [-0.1, -0.05) is 30.3 Å². The van der Waals surface area contributed by atoms with E-state index < -0.39 is 0 Å². The summed E-state index contributed by atoms with van der Waals surface area (Å²) in [6.45, 7) is 4.03. The van der Waals surface area contributed by atoms with Crippen LogP contribution in [0.25, 0.3) is 11.0 Å². The fraction of sp³-hybridized carbons (Fsp3) is 0.167. The van der Waals surface area contributed by atoms with E-state index in [1.165, 1.54) is 0 Å². The van der Waals surface area contributed by atoms with Crippen LogP contribution in [-0.4, -0.2) is 15.9 Å². The van der Waals surface area contributed by atoms with Gasteiger partial charge in [0.2, 0.25) is 0 Å². The smallest absolute Gasteiger partial charge is 0.340 e. The van der Waals surface area contributed by atoms with E-state index in [1.54, 1.807) is 6.20 Å². The van der Waals surface area contributed by atoms with E-state index in [1.807, 2.05) is 56.3 Å². The molecule has 3 aromatic rings. The lowest BCUT2D eigenvalue weighted by atomic mass is 10.1. The van der Waals surface area contributed by atoms with E-state index in [9.17, 15) is 4.79 Å². The van der Waals surface area contributed by atoms with Gasteiger partial charge in [-0.25, -0.2) is 4.79 Å². The number of benzene rings is 1. The fourth-order valence-corrected chi connectivity index (χ4v) is 2.29. The van der Waals surface area contributed by atoms with Gasteiger partial charge in [0.25, 0.3) is 0 Å². The molecule has 0 aliphatic heterocycles. The average molecular weight is 292 g/mol. The molecule has 4 nitrogen and oxygen atoms in total. The molecule has 0 fully saturated rings. The van der Waals surface area contributed by atoms with Crippen LogP contribution in [0.15, 0.2) is 48.7 Å². The number of aryl methyl sites for hydroxylation is 2. The molecule has 0 aliphatic rings. The van der Waals surface area contributed by atoms with Crippen LogP contribution in [0.3, 0.4) is 0 Å². The fourth-order valence-electron chi connectivity index (χ4n) is 2.29. The summed E-state index contributed by atoms with van der Waals surface area (Å²) < 4.78 is 5.37. The summed E-state index contributed by atoms with van der Waals surface area (Å²) in [4.78, 5) is 21.0. The van der Waals surface area contributed by atoms with E-state index in [0.29, 0.717) is 5.56 Å². The number of nitrogens with zero attached hydrogens (tertiary/aromatic N) is 2. The molecule has 0 N–H and O–H groups in total. The van der Waals surface area contributed by atoms with Gasteiger partial charge in [-0.15, -0.1) is 0 Å². The highest BCUT2D eigenvalue weighted by Crippen LogP contribution is 2.19. The molecule has 2 aromatic heterocycles. The zero-order valence-corrected chi connectivity index (χ0v) is 12.5. The van der Waals surface area contributed by atoms with Gasteiger partial charge >= 0.3 is 5.97 Å². The topological polar surface area (TPSA) is 52.1 Å². The van der Waals surface area contributed by atoms with E-state index in [-0.39, 0.29) is 12.6 Å². The number of hydrogen-bond donors (Lipinski definition) is 0. The monoisotopic (exact) mass is 292 g/mol. The van der Waals surface area contributed by atoms with Crippen molar-refractivity contribution in [2.75, 3.05) is 0 Å². The lowest BCUT2D eigenvalue weighted by Crippen LogP contribution is -2.08. The Morgan fingerprint density at radius 2 is 1.86 bits per heavy atom. The number of esters is 1. The molecule has 110 valence electrons. The highest BCUT2D eigenvalue weighted by molar-refractivity contribution is 5.95. The maximum absolute atomic E-state index is 12.3. The van der Waals surface area contributed by atoms with Crippen molar-refractivity contribution >= 4 is 17.0 Å². The maximum Gasteiger partial charge on any atom is 0.340 e. The van der Waals surface area contributed by atoms with Crippen molar-refractivity contribution in [2.45, 2.75) is 20.5 Å². The van der Waals surface area contributed by atoms with Crippen LogP contribution < -0.4 is 0 Å². The molecule has 0 bridgehead atoms. The van der Waals surface area contributed by atoms with Crippen LogP contribution >= 0.6 is 0 Å². The first-order chi connectivity index (χ1) is 10.6. The summed E-state index contributed by atoms with van der Waals surface area (Å²) in [5.74, 6) is -0.376. The van der Waals surface area contributed by atoms with E-state index in [0.717, 1.165) is 27.9 Å². The summed E-state index contributed by atoms with van der Waals surface area (Å²) in [7, 11) is 0. The van der Waals surface area contributed by atoms with E-state index in [4.69, 9.17) is 4.74 Å². The summed E-state index contributed by atoms with van der Waals surface area (Å²) in [5, 5.41) is 0. The standard InChI is InChI=1S/C18H16N2O2/c1-12-8-9-16-17(20-12)13(2)15(10-19-16)18(21)22-11-14-6-4-3-5-7-14/h3-10H,11H2,1-2H3. The third-order valence-corrected chi connectivity index (χ3v) is 3.54. The van der Waals surface area contributed by atoms with Gasteiger partial charge in [0.05, 0.1) is 16.6 Å². The Labute approximate surface area is 128 Å². The van der Waals surface area contributed by atoms with E-state index in [2.05, 4.69) is 9.97 Å². The van der Waals surface area contributed by atoms with Crippen LogP contribution in [0.1, 0.15) is 27.2 Å².